The quantitative estimate of drug-likeness (QED) is 0.648. The molecule has 0 saturated heterocycles. The van der Waals surface area contributed by atoms with Crippen LogP contribution in [0.4, 0.5) is 0 Å². The molecule has 2 aromatic rings. The first kappa shape index (κ1) is 20.5. The molecule has 9 heteroatoms. The van der Waals surface area contributed by atoms with Gasteiger partial charge in [0.25, 0.3) is 0 Å². The van der Waals surface area contributed by atoms with E-state index < -0.39 is 12.1 Å². The maximum atomic E-state index is 11.4. The van der Waals surface area contributed by atoms with E-state index in [-0.39, 0.29) is 35.7 Å². The Morgan fingerprint density at radius 2 is 2.00 bits per heavy atom. The molecule has 1 aromatic heterocycles. The highest BCUT2D eigenvalue weighted by molar-refractivity contribution is 6.43. The highest BCUT2D eigenvalue weighted by Crippen LogP contribution is 2.38. The van der Waals surface area contributed by atoms with Gasteiger partial charge in [-0.25, -0.2) is 9.48 Å². The van der Waals surface area contributed by atoms with Crippen LogP contribution in [0.3, 0.4) is 0 Å². The van der Waals surface area contributed by atoms with Crippen LogP contribution in [0.5, 0.6) is 5.75 Å². The van der Waals surface area contributed by atoms with Crippen molar-refractivity contribution in [3.8, 4) is 5.75 Å². The molecule has 1 unspecified atom stereocenters. The van der Waals surface area contributed by atoms with Gasteiger partial charge in [0.1, 0.15) is 23.6 Å². The van der Waals surface area contributed by atoms with Gasteiger partial charge in [0.05, 0.1) is 17.3 Å². The number of ether oxygens (including phenoxy) is 3. The maximum absolute atomic E-state index is 11.4. The smallest absolute Gasteiger partial charge is 0.344 e. The molecule has 0 amide bonds. The molecule has 0 aliphatic heterocycles. The van der Waals surface area contributed by atoms with Crippen LogP contribution in [-0.2, 0) is 21.0 Å². The molecule has 0 aliphatic carbocycles. The van der Waals surface area contributed by atoms with Crippen molar-refractivity contribution in [1.82, 2.24) is 9.78 Å². The normalized spacial score (nSPS) is 12.0. The van der Waals surface area contributed by atoms with Crippen LogP contribution in [-0.4, -0.2) is 40.7 Å². The van der Waals surface area contributed by atoms with E-state index in [2.05, 4.69) is 5.10 Å². The largest absolute Gasteiger partial charge is 0.480 e. The minimum atomic E-state index is -1.05. The lowest BCUT2D eigenvalue weighted by Gasteiger charge is -2.17. The van der Waals surface area contributed by atoms with Gasteiger partial charge in [-0.2, -0.15) is 5.10 Å². The number of carbonyl (C=O) groups excluding carboxylic acids is 1. The van der Waals surface area contributed by atoms with Crippen molar-refractivity contribution in [2.75, 3.05) is 19.8 Å². The van der Waals surface area contributed by atoms with Crippen LogP contribution in [0.15, 0.2) is 24.4 Å². The van der Waals surface area contributed by atoms with Gasteiger partial charge in [-0.15, -0.1) is 0 Å². The zero-order valence-electron chi connectivity index (χ0n) is 14.4. The standard InChI is InChI=1S/C17H20Cl2N2O5/c1-3-24-10-21-12(7-8-20-21)17(23)11-5-6-13(16(19)15(11)18)26-9-14(22)25-4-2/h5-8,17,23H,3-4,9-10H2,1-2H3. The number of aromatic nitrogens is 2. The zero-order chi connectivity index (χ0) is 19.1. The van der Waals surface area contributed by atoms with Gasteiger partial charge >= 0.3 is 5.97 Å². The number of hydrogen-bond donors (Lipinski definition) is 1. The Hall–Kier alpha value is -1.80. The van der Waals surface area contributed by atoms with E-state index >= 15 is 0 Å². The molecule has 26 heavy (non-hydrogen) atoms. The van der Waals surface area contributed by atoms with Gasteiger partial charge in [-0.1, -0.05) is 29.3 Å². The van der Waals surface area contributed by atoms with Crippen LogP contribution in [0.2, 0.25) is 10.0 Å². The lowest BCUT2D eigenvalue weighted by molar-refractivity contribution is -0.145. The number of esters is 1. The average Bonchev–Trinajstić information content (AvgIpc) is 3.09. The lowest BCUT2D eigenvalue weighted by atomic mass is 10.1. The van der Waals surface area contributed by atoms with Gasteiger partial charge in [-0.05, 0) is 26.0 Å². The molecule has 0 bridgehead atoms. The van der Waals surface area contributed by atoms with Gasteiger partial charge in [0, 0.05) is 18.4 Å². The number of carbonyl (C=O) groups is 1. The minimum absolute atomic E-state index is 0.100. The number of aliphatic hydroxyl groups is 1. The first-order valence-corrected chi connectivity index (χ1v) is 8.79. The number of halogens is 2. The molecule has 1 aromatic carbocycles. The van der Waals surface area contributed by atoms with Gasteiger partial charge in [0.2, 0.25) is 0 Å². The maximum Gasteiger partial charge on any atom is 0.344 e. The molecule has 0 radical (unpaired) electrons. The van der Waals surface area contributed by atoms with Crippen LogP contribution in [0.1, 0.15) is 31.2 Å². The number of rotatable bonds is 9. The average molecular weight is 403 g/mol. The van der Waals surface area contributed by atoms with Crippen molar-refractivity contribution in [3.05, 3.63) is 45.7 Å². The van der Waals surface area contributed by atoms with Crippen molar-refractivity contribution in [2.45, 2.75) is 26.7 Å². The zero-order valence-corrected chi connectivity index (χ0v) is 16.0. The summed E-state index contributed by atoms with van der Waals surface area (Å²) in [6.45, 7) is 4.28. The number of hydrogen-bond acceptors (Lipinski definition) is 6. The third-order valence-electron chi connectivity index (χ3n) is 3.47. The van der Waals surface area contributed by atoms with E-state index in [9.17, 15) is 9.90 Å². The molecule has 7 nitrogen and oxygen atoms in total. The second kappa shape index (κ2) is 9.78. The highest BCUT2D eigenvalue weighted by Gasteiger charge is 2.22. The third-order valence-corrected chi connectivity index (χ3v) is 4.35. The Bertz CT molecular complexity index is 751. The predicted octanol–water partition coefficient (Wildman–Crippen LogP) is 3.21. The van der Waals surface area contributed by atoms with E-state index in [1.807, 2.05) is 6.92 Å². The summed E-state index contributed by atoms with van der Waals surface area (Å²) in [5, 5.41) is 15.0. The van der Waals surface area contributed by atoms with Crippen molar-refractivity contribution >= 4 is 29.2 Å². The van der Waals surface area contributed by atoms with Crippen molar-refractivity contribution < 1.29 is 24.1 Å². The Balaban J connectivity index is 2.19. The van der Waals surface area contributed by atoms with Crippen LogP contribution < -0.4 is 4.74 Å². The van der Waals surface area contributed by atoms with Gasteiger partial charge in [0.15, 0.2) is 6.61 Å². The molecule has 0 saturated carbocycles. The molecule has 1 N–H and O–H groups in total. The van der Waals surface area contributed by atoms with Crippen molar-refractivity contribution in [2.24, 2.45) is 0 Å². The van der Waals surface area contributed by atoms with E-state index in [0.717, 1.165) is 0 Å². The monoisotopic (exact) mass is 402 g/mol. The van der Waals surface area contributed by atoms with E-state index in [0.29, 0.717) is 17.9 Å². The summed E-state index contributed by atoms with van der Waals surface area (Å²) < 4.78 is 17.0. The lowest BCUT2D eigenvalue weighted by Crippen LogP contribution is -2.15. The van der Waals surface area contributed by atoms with Crippen molar-refractivity contribution in [1.29, 1.82) is 0 Å². The van der Waals surface area contributed by atoms with E-state index in [4.69, 9.17) is 37.4 Å². The van der Waals surface area contributed by atoms with Crippen LogP contribution in [0.25, 0.3) is 0 Å². The highest BCUT2D eigenvalue weighted by atomic mass is 35.5. The molecule has 0 fully saturated rings. The van der Waals surface area contributed by atoms with Crippen molar-refractivity contribution in [3.63, 3.8) is 0 Å². The number of benzene rings is 1. The second-order valence-corrected chi connectivity index (χ2v) is 5.91. The molecule has 1 heterocycles. The molecule has 1 atom stereocenters. The molecular formula is C17H20Cl2N2O5. The molecule has 0 spiro atoms. The molecule has 2 rings (SSSR count). The summed E-state index contributed by atoms with van der Waals surface area (Å²) in [6.07, 6.45) is 0.506. The summed E-state index contributed by atoms with van der Waals surface area (Å²) >= 11 is 12.5. The third kappa shape index (κ3) is 4.88. The summed E-state index contributed by atoms with van der Waals surface area (Å²) in [6, 6.07) is 4.78. The SMILES string of the molecule is CCOCn1nccc1C(O)c1ccc(OCC(=O)OCC)c(Cl)c1Cl. The first-order chi connectivity index (χ1) is 12.5. The Kier molecular flexibility index (Phi) is 7.71. The Labute approximate surface area is 161 Å². The minimum Gasteiger partial charge on any atom is -0.480 e. The Morgan fingerprint density at radius 3 is 2.69 bits per heavy atom. The summed E-state index contributed by atoms with van der Waals surface area (Å²) in [5.74, 6) is -0.285. The number of aliphatic hydroxyl groups excluding tert-OH is 1. The fraction of sp³-hybridized carbons (Fsp3) is 0.412. The van der Waals surface area contributed by atoms with Crippen LogP contribution >= 0.6 is 23.2 Å². The molecular weight excluding hydrogens is 383 g/mol. The van der Waals surface area contributed by atoms with Crippen LogP contribution in [0, 0.1) is 0 Å². The number of nitrogens with zero attached hydrogens (tertiary/aromatic N) is 2. The fourth-order valence-electron chi connectivity index (χ4n) is 2.23. The van der Waals surface area contributed by atoms with E-state index in [1.165, 1.54) is 10.7 Å². The summed E-state index contributed by atoms with van der Waals surface area (Å²) in [4.78, 5) is 11.4. The van der Waals surface area contributed by atoms with Gasteiger partial charge in [-0.3, -0.25) is 0 Å². The second-order valence-electron chi connectivity index (χ2n) is 5.15. The molecule has 142 valence electrons. The Morgan fingerprint density at radius 1 is 1.23 bits per heavy atom. The van der Waals surface area contributed by atoms with Gasteiger partial charge < -0.3 is 19.3 Å². The summed E-state index contributed by atoms with van der Waals surface area (Å²) in [5.41, 5.74) is 0.898. The van der Waals surface area contributed by atoms with E-state index in [1.54, 1.807) is 25.3 Å². The predicted molar refractivity (Wildman–Crippen MR) is 96.5 cm³/mol. The summed E-state index contributed by atoms with van der Waals surface area (Å²) in [7, 11) is 0. The molecule has 0 aliphatic rings. The topological polar surface area (TPSA) is 82.8 Å². The first-order valence-electron chi connectivity index (χ1n) is 8.03. The fourth-order valence-corrected chi connectivity index (χ4v) is 2.71.